The molecule has 4 nitrogen and oxygen atoms in total. The molecule has 8 aromatic rings. The van der Waals surface area contributed by atoms with E-state index in [9.17, 15) is 0 Å². The molecule has 9 rings (SSSR count). The summed E-state index contributed by atoms with van der Waals surface area (Å²) < 4.78 is 18.3. The van der Waals surface area contributed by atoms with Crippen LogP contribution in [0, 0.1) is 0 Å². The molecule has 2 aromatic heterocycles. The monoisotopic (exact) mass is 514 g/mol. The molecule has 6 aromatic carbocycles. The number of nitrogens with zero attached hydrogens (tertiary/aromatic N) is 2. The highest BCUT2D eigenvalue weighted by molar-refractivity contribution is 6.32. The molecule has 0 unspecified atom stereocenters. The van der Waals surface area contributed by atoms with Gasteiger partial charge in [-0.05, 0) is 48.5 Å². The summed E-state index contributed by atoms with van der Waals surface area (Å²) in [4.78, 5) is 0. The smallest absolute Gasteiger partial charge is 0.196 e. The molecule has 1 aliphatic rings. The van der Waals surface area contributed by atoms with Crippen LogP contribution in [0.15, 0.2) is 133 Å². The molecule has 0 spiro atoms. The van der Waals surface area contributed by atoms with Gasteiger partial charge >= 0.3 is 0 Å². The standard InChI is InChI=1S/C36H22N2O2/c1-3-13-23(14-4-1)37-27-19-9-7-17-25(27)31-32-26-18-8-10-20-28(26)38(24-15-5-2-6-16-24)34(32)36-35(33(31)37)39-29-21-11-12-22-30(29)40-36/h1-22H. The van der Waals surface area contributed by atoms with Gasteiger partial charge in [-0.1, -0.05) is 84.9 Å². The Morgan fingerprint density at radius 3 is 1.20 bits per heavy atom. The molecular formula is C36H22N2O2. The Balaban J connectivity index is 1.59. The first kappa shape index (κ1) is 21.5. The molecule has 0 amide bonds. The molecule has 188 valence electrons. The predicted octanol–water partition coefficient (Wildman–Crippen LogP) is 9.78. The van der Waals surface area contributed by atoms with E-state index in [1.54, 1.807) is 0 Å². The van der Waals surface area contributed by atoms with Crippen LogP contribution in [0.2, 0.25) is 0 Å². The fraction of sp³-hybridized carbons (Fsp3) is 0. The van der Waals surface area contributed by atoms with Gasteiger partial charge in [0.2, 0.25) is 0 Å². The Kier molecular flexibility index (Phi) is 4.30. The third kappa shape index (κ3) is 2.79. The zero-order chi connectivity index (χ0) is 26.2. The number of aromatic nitrogens is 2. The van der Waals surface area contributed by atoms with Crippen molar-refractivity contribution < 1.29 is 9.47 Å². The maximum Gasteiger partial charge on any atom is 0.196 e. The average molecular weight is 515 g/mol. The quantitative estimate of drug-likeness (QED) is 0.230. The van der Waals surface area contributed by atoms with Gasteiger partial charge in [-0.25, -0.2) is 0 Å². The lowest BCUT2D eigenvalue weighted by Gasteiger charge is -2.24. The molecule has 0 N–H and O–H groups in total. The van der Waals surface area contributed by atoms with E-state index in [4.69, 9.17) is 9.47 Å². The largest absolute Gasteiger partial charge is 0.447 e. The first-order chi connectivity index (χ1) is 19.9. The van der Waals surface area contributed by atoms with Crippen molar-refractivity contribution in [3.05, 3.63) is 133 Å². The third-order valence-corrected chi connectivity index (χ3v) is 7.94. The van der Waals surface area contributed by atoms with Crippen molar-refractivity contribution in [3.8, 4) is 34.4 Å². The lowest BCUT2D eigenvalue weighted by molar-refractivity contribution is 0.365. The Bertz CT molecular complexity index is 2100. The Labute approximate surface area is 229 Å². The first-order valence-electron chi connectivity index (χ1n) is 13.5. The van der Waals surface area contributed by atoms with Gasteiger partial charge in [-0.3, -0.25) is 0 Å². The van der Waals surface area contributed by atoms with E-state index >= 15 is 0 Å². The first-order valence-corrected chi connectivity index (χ1v) is 13.5. The van der Waals surface area contributed by atoms with Crippen molar-refractivity contribution >= 4 is 43.6 Å². The minimum absolute atomic E-state index is 0.711. The summed E-state index contributed by atoms with van der Waals surface area (Å²) in [5, 5.41) is 4.66. The number of rotatable bonds is 2. The predicted molar refractivity (Wildman–Crippen MR) is 162 cm³/mol. The van der Waals surface area contributed by atoms with Crippen molar-refractivity contribution in [2.45, 2.75) is 0 Å². The van der Waals surface area contributed by atoms with Crippen molar-refractivity contribution in [2.24, 2.45) is 0 Å². The molecule has 0 saturated carbocycles. The fourth-order valence-electron chi connectivity index (χ4n) is 6.35. The van der Waals surface area contributed by atoms with Gasteiger partial charge in [-0.2, -0.15) is 0 Å². The second-order valence-corrected chi connectivity index (χ2v) is 10.1. The third-order valence-electron chi connectivity index (χ3n) is 7.94. The van der Waals surface area contributed by atoms with Crippen LogP contribution in [-0.4, -0.2) is 9.13 Å². The van der Waals surface area contributed by atoms with Crippen LogP contribution >= 0.6 is 0 Å². The van der Waals surface area contributed by atoms with Crippen molar-refractivity contribution in [2.75, 3.05) is 0 Å². The van der Waals surface area contributed by atoms with Crippen LogP contribution in [0.5, 0.6) is 23.0 Å². The van der Waals surface area contributed by atoms with Gasteiger partial charge in [0.1, 0.15) is 11.0 Å². The number of para-hydroxylation sites is 6. The van der Waals surface area contributed by atoms with Crippen LogP contribution in [0.3, 0.4) is 0 Å². The van der Waals surface area contributed by atoms with Crippen LogP contribution in [0.4, 0.5) is 0 Å². The Morgan fingerprint density at radius 2 is 0.750 bits per heavy atom. The van der Waals surface area contributed by atoms with Crippen LogP contribution < -0.4 is 9.47 Å². The van der Waals surface area contributed by atoms with Gasteiger partial charge in [0.05, 0.1) is 11.0 Å². The second-order valence-electron chi connectivity index (χ2n) is 10.1. The van der Waals surface area contributed by atoms with E-state index in [1.807, 2.05) is 36.4 Å². The topological polar surface area (TPSA) is 28.3 Å². The van der Waals surface area contributed by atoms with E-state index in [0.717, 1.165) is 55.7 Å². The van der Waals surface area contributed by atoms with Crippen LogP contribution in [0.1, 0.15) is 0 Å². The summed E-state index contributed by atoms with van der Waals surface area (Å²) in [6.07, 6.45) is 0. The van der Waals surface area contributed by atoms with E-state index in [0.29, 0.717) is 11.5 Å². The maximum absolute atomic E-state index is 6.82. The number of ether oxygens (including phenoxy) is 2. The molecule has 0 bridgehead atoms. The summed E-state index contributed by atoms with van der Waals surface area (Å²) in [6, 6.07) is 46.1. The van der Waals surface area contributed by atoms with Gasteiger partial charge < -0.3 is 18.6 Å². The molecule has 4 heteroatoms. The summed E-state index contributed by atoms with van der Waals surface area (Å²) in [7, 11) is 0. The highest BCUT2D eigenvalue weighted by atomic mass is 16.6. The van der Waals surface area contributed by atoms with Gasteiger partial charge in [0, 0.05) is 32.9 Å². The summed E-state index contributed by atoms with van der Waals surface area (Å²) in [5.74, 6) is 2.87. The molecular weight excluding hydrogens is 492 g/mol. The molecule has 0 atom stereocenters. The molecule has 0 fully saturated rings. The SMILES string of the molecule is c1ccc(-n2c3ccccc3c3c4c5ccccc5n(-c5ccccc5)c4c4c(c32)Oc2ccccc2O4)cc1. The van der Waals surface area contributed by atoms with Crippen LogP contribution in [0.25, 0.3) is 55.0 Å². The molecule has 40 heavy (non-hydrogen) atoms. The Morgan fingerprint density at radius 1 is 0.375 bits per heavy atom. The molecule has 0 radical (unpaired) electrons. The molecule has 0 aliphatic carbocycles. The van der Waals surface area contributed by atoms with Gasteiger partial charge in [0.15, 0.2) is 23.0 Å². The highest BCUT2D eigenvalue weighted by Gasteiger charge is 2.32. The van der Waals surface area contributed by atoms with Gasteiger partial charge in [0.25, 0.3) is 0 Å². The lowest BCUT2D eigenvalue weighted by atomic mass is 10.0. The molecule has 1 aliphatic heterocycles. The summed E-state index contributed by atoms with van der Waals surface area (Å²) >= 11 is 0. The number of fused-ring (bicyclic) bond motifs is 11. The summed E-state index contributed by atoms with van der Waals surface area (Å²) in [5.41, 5.74) is 6.39. The van der Waals surface area contributed by atoms with E-state index in [1.165, 1.54) is 10.8 Å². The van der Waals surface area contributed by atoms with Crippen molar-refractivity contribution in [3.63, 3.8) is 0 Å². The average Bonchev–Trinajstić information content (AvgIpc) is 3.55. The minimum atomic E-state index is 0.711. The second kappa shape index (κ2) is 8.01. The number of hydrogen-bond donors (Lipinski definition) is 0. The van der Waals surface area contributed by atoms with Crippen molar-refractivity contribution in [1.82, 2.24) is 9.13 Å². The molecule has 3 heterocycles. The highest BCUT2D eigenvalue weighted by Crippen LogP contribution is 2.57. The normalized spacial score (nSPS) is 12.4. The summed E-state index contributed by atoms with van der Waals surface area (Å²) in [6.45, 7) is 0. The van der Waals surface area contributed by atoms with E-state index in [2.05, 4.69) is 106 Å². The molecule has 0 saturated heterocycles. The maximum atomic E-state index is 6.82. The lowest BCUT2D eigenvalue weighted by Crippen LogP contribution is -2.04. The minimum Gasteiger partial charge on any atom is -0.447 e. The van der Waals surface area contributed by atoms with Crippen LogP contribution in [-0.2, 0) is 0 Å². The van der Waals surface area contributed by atoms with E-state index in [-0.39, 0.29) is 0 Å². The zero-order valence-corrected chi connectivity index (χ0v) is 21.4. The number of hydrogen-bond acceptors (Lipinski definition) is 2. The van der Waals surface area contributed by atoms with E-state index < -0.39 is 0 Å². The van der Waals surface area contributed by atoms with Crippen molar-refractivity contribution in [1.29, 1.82) is 0 Å². The fourth-order valence-corrected chi connectivity index (χ4v) is 6.35. The zero-order valence-electron chi connectivity index (χ0n) is 21.4. The Hall–Kier alpha value is -5.48. The number of benzene rings is 6. The van der Waals surface area contributed by atoms with Gasteiger partial charge in [-0.15, -0.1) is 0 Å².